The number of benzene rings is 4. The van der Waals surface area contributed by atoms with E-state index in [1.54, 1.807) is 24.3 Å². The van der Waals surface area contributed by atoms with Crippen molar-refractivity contribution in [3.8, 4) is 11.1 Å². The van der Waals surface area contributed by atoms with Crippen molar-refractivity contribution < 1.29 is 22.8 Å². The van der Waals surface area contributed by atoms with Gasteiger partial charge in [0.25, 0.3) is 5.91 Å². The van der Waals surface area contributed by atoms with Crippen LogP contribution in [0.5, 0.6) is 0 Å². The zero-order valence-electron chi connectivity index (χ0n) is 26.1. The van der Waals surface area contributed by atoms with Crippen LogP contribution in [0.4, 0.5) is 18.9 Å². The molecule has 1 atom stereocenters. The fourth-order valence-corrected chi connectivity index (χ4v) is 5.96. The third-order valence-electron chi connectivity index (χ3n) is 8.45. The van der Waals surface area contributed by atoms with E-state index in [-0.39, 0.29) is 17.9 Å². The van der Waals surface area contributed by atoms with Gasteiger partial charge in [-0.2, -0.15) is 13.2 Å². The topological polar surface area (TPSA) is 64.7 Å². The summed E-state index contributed by atoms with van der Waals surface area (Å²) >= 11 is 0. The number of likely N-dealkylation sites (N-methyl/N-ethyl adjacent to an activating group) is 1. The largest absolute Gasteiger partial charge is 0.416 e. The number of carbonyl (C=O) groups excluding carboxylic acids is 2. The predicted octanol–water partition coefficient (Wildman–Crippen LogP) is 7.22. The molecule has 0 aliphatic carbocycles. The van der Waals surface area contributed by atoms with Crippen LogP contribution in [0.1, 0.15) is 51.8 Å². The monoisotopic (exact) mass is 628 g/mol. The average Bonchev–Trinajstić information content (AvgIpc) is 3.05. The van der Waals surface area contributed by atoms with Crippen LogP contribution in [0, 0.1) is 0 Å². The highest BCUT2D eigenvalue weighted by Crippen LogP contribution is 2.34. The molecule has 0 radical (unpaired) electrons. The second kappa shape index (κ2) is 14.7. The fourth-order valence-electron chi connectivity index (χ4n) is 5.96. The predicted molar refractivity (Wildman–Crippen MR) is 176 cm³/mol. The van der Waals surface area contributed by atoms with E-state index in [2.05, 4.69) is 15.5 Å². The van der Waals surface area contributed by atoms with Crippen LogP contribution in [0.25, 0.3) is 11.1 Å². The zero-order valence-corrected chi connectivity index (χ0v) is 26.1. The summed E-state index contributed by atoms with van der Waals surface area (Å²) < 4.78 is 39.1. The molecule has 2 N–H and O–H groups in total. The molecule has 240 valence electrons. The minimum absolute atomic E-state index is 0.0199. The number of halogens is 3. The van der Waals surface area contributed by atoms with Gasteiger partial charge >= 0.3 is 6.18 Å². The lowest BCUT2D eigenvalue weighted by Gasteiger charge is -2.37. The van der Waals surface area contributed by atoms with Crippen LogP contribution in [0.15, 0.2) is 103 Å². The van der Waals surface area contributed by atoms with Gasteiger partial charge < -0.3 is 15.5 Å². The van der Waals surface area contributed by atoms with Gasteiger partial charge in [0.1, 0.15) is 6.04 Å². The van der Waals surface area contributed by atoms with E-state index in [0.29, 0.717) is 34.8 Å². The summed E-state index contributed by atoms with van der Waals surface area (Å²) in [6, 6.07) is 29.1. The van der Waals surface area contributed by atoms with Gasteiger partial charge in [0.15, 0.2) is 0 Å². The molecule has 0 spiro atoms. The van der Waals surface area contributed by atoms with Gasteiger partial charge in [0, 0.05) is 24.3 Å². The number of anilines is 1. The average molecular weight is 629 g/mol. The molecule has 4 aromatic rings. The van der Waals surface area contributed by atoms with Crippen molar-refractivity contribution in [1.82, 2.24) is 15.1 Å². The van der Waals surface area contributed by atoms with Gasteiger partial charge in [-0.3, -0.25) is 14.5 Å². The van der Waals surface area contributed by atoms with Crippen molar-refractivity contribution in [3.05, 3.63) is 125 Å². The summed E-state index contributed by atoms with van der Waals surface area (Å²) in [5.41, 5.74) is 3.52. The Morgan fingerprint density at radius 2 is 1.48 bits per heavy atom. The summed E-state index contributed by atoms with van der Waals surface area (Å²) in [6.45, 7) is 2.93. The number of nitrogens with zero attached hydrogens (tertiary/aromatic N) is 2. The number of amides is 2. The summed E-state index contributed by atoms with van der Waals surface area (Å²) in [7, 11) is 3.97. The Morgan fingerprint density at radius 1 is 0.848 bits per heavy atom. The van der Waals surface area contributed by atoms with Crippen LogP contribution in [0.2, 0.25) is 0 Å². The third kappa shape index (κ3) is 8.21. The normalized spacial score (nSPS) is 15.0. The lowest BCUT2D eigenvalue weighted by Crippen LogP contribution is -2.45. The first-order chi connectivity index (χ1) is 22.1. The van der Waals surface area contributed by atoms with Crippen LogP contribution in [-0.2, 0) is 11.0 Å². The van der Waals surface area contributed by atoms with E-state index in [4.69, 9.17) is 0 Å². The zero-order chi connectivity index (χ0) is 32.7. The molecule has 2 amide bonds. The summed E-state index contributed by atoms with van der Waals surface area (Å²) in [4.78, 5) is 30.9. The SMILES string of the molecule is CN(C)CCNC(=O)C(c1ccccc1)N1CCC(c2ccc(NC(=O)c3ccccc3-c3ccc(C(F)(F)F)cc3)cc2)CC1. The van der Waals surface area contributed by atoms with E-state index in [1.807, 2.05) is 73.6 Å². The van der Waals surface area contributed by atoms with Gasteiger partial charge in [0.05, 0.1) is 5.56 Å². The van der Waals surface area contributed by atoms with Crippen molar-refractivity contribution in [2.75, 3.05) is 45.6 Å². The molecule has 4 aromatic carbocycles. The van der Waals surface area contributed by atoms with Crippen LogP contribution in [0.3, 0.4) is 0 Å². The number of hydrogen-bond acceptors (Lipinski definition) is 4. The smallest absolute Gasteiger partial charge is 0.353 e. The molecular formula is C37H39F3N4O2. The Labute approximate surface area is 268 Å². The maximum absolute atomic E-state index is 13.3. The number of carbonyl (C=O) groups is 2. The highest BCUT2D eigenvalue weighted by molar-refractivity contribution is 6.08. The summed E-state index contributed by atoms with van der Waals surface area (Å²) in [6.07, 6.45) is -2.62. The standard InChI is InChI=1S/C37H39F3N4O2/c1-43(2)25-22-41-36(46)34(29-8-4-3-5-9-29)44-23-20-27(21-24-44)26-14-18-31(19-15-26)42-35(45)33-11-7-6-10-32(33)28-12-16-30(17-13-28)37(38,39)40/h3-19,27,34H,20-25H2,1-2H3,(H,41,46)(H,42,45). The Kier molecular flexibility index (Phi) is 10.6. The van der Waals surface area contributed by atoms with Crippen molar-refractivity contribution >= 4 is 17.5 Å². The molecule has 1 unspecified atom stereocenters. The first-order valence-corrected chi connectivity index (χ1v) is 15.5. The highest BCUT2D eigenvalue weighted by Gasteiger charge is 2.32. The molecule has 6 nitrogen and oxygen atoms in total. The first kappa shape index (κ1) is 32.9. The van der Waals surface area contributed by atoms with Gasteiger partial charge in [0.2, 0.25) is 5.91 Å². The van der Waals surface area contributed by atoms with Crippen molar-refractivity contribution in [1.29, 1.82) is 0 Å². The van der Waals surface area contributed by atoms with Gasteiger partial charge in [-0.1, -0.05) is 72.8 Å². The molecular weight excluding hydrogens is 589 g/mol. The molecule has 1 heterocycles. The Morgan fingerprint density at radius 3 is 2.11 bits per heavy atom. The number of nitrogens with one attached hydrogen (secondary N) is 2. The maximum Gasteiger partial charge on any atom is 0.416 e. The molecule has 5 rings (SSSR count). The molecule has 9 heteroatoms. The van der Waals surface area contributed by atoms with Crippen molar-refractivity contribution in [2.24, 2.45) is 0 Å². The molecule has 1 aliphatic rings. The van der Waals surface area contributed by atoms with E-state index < -0.39 is 11.7 Å². The van der Waals surface area contributed by atoms with E-state index in [0.717, 1.165) is 50.2 Å². The lowest BCUT2D eigenvalue weighted by atomic mass is 9.88. The molecule has 1 aliphatic heterocycles. The Hall–Kier alpha value is -4.47. The maximum atomic E-state index is 13.3. The summed E-state index contributed by atoms with van der Waals surface area (Å²) in [5.74, 6) is 0.00785. The second-order valence-corrected chi connectivity index (χ2v) is 11.9. The molecule has 46 heavy (non-hydrogen) atoms. The second-order valence-electron chi connectivity index (χ2n) is 11.9. The minimum atomic E-state index is -4.43. The van der Waals surface area contributed by atoms with Gasteiger partial charge in [-0.05, 0) is 98.5 Å². The summed E-state index contributed by atoms with van der Waals surface area (Å²) in [5, 5.41) is 6.04. The van der Waals surface area contributed by atoms with Crippen molar-refractivity contribution in [3.63, 3.8) is 0 Å². The van der Waals surface area contributed by atoms with E-state index >= 15 is 0 Å². The van der Waals surface area contributed by atoms with Crippen LogP contribution >= 0.6 is 0 Å². The first-order valence-electron chi connectivity index (χ1n) is 15.5. The molecule has 1 saturated heterocycles. The number of rotatable bonds is 10. The quantitative estimate of drug-likeness (QED) is 0.195. The van der Waals surface area contributed by atoms with E-state index in [1.165, 1.54) is 17.7 Å². The Balaban J connectivity index is 1.21. The molecule has 1 fully saturated rings. The van der Waals surface area contributed by atoms with Crippen LogP contribution in [-0.4, -0.2) is 61.9 Å². The third-order valence-corrected chi connectivity index (χ3v) is 8.45. The van der Waals surface area contributed by atoms with Gasteiger partial charge in [-0.15, -0.1) is 0 Å². The van der Waals surface area contributed by atoms with Crippen LogP contribution < -0.4 is 10.6 Å². The van der Waals surface area contributed by atoms with E-state index in [9.17, 15) is 22.8 Å². The number of alkyl halides is 3. The number of likely N-dealkylation sites (tertiary alicyclic amines) is 1. The fraction of sp³-hybridized carbons (Fsp3) is 0.297. The number of piperidine rings is 1. The minimum Gasteiger partial charge on any atom is -0.353 e. The number of hydrogen-bond donors (Lipinski definition) is 2. The highest BCUT2D eigenvalue weighted by atomic mass is 19.4. The van der Waals surface area contributed by atoms with Crippen molar-refractivity contribution in [2.45, 2.75) is 31.0 Å². The Bertz CT molecular complexity index is 1600. The lowest BCUT2D eigenvalue weighted by molar-refractivity contribution is -0.137. The molecule has 0 aromatic heterocycles. The molecule has 0 saturated carbocycles. The van der Waals surface area contributed by atoms with Gasteiger partial charge in [-0.25, -0.2) is 0 Å². The molecule has 0 bridgehead atoms.